The van der Waals surface area contributed by atoms with Crippen LogP contribution in [0.4, 0.5) is 18.9 Å². The summed E-state index contributed by atoms with van der Waals surface area (Å²) in [7, 11) is 0. The lowest BCUT2D eigenvalue weighted by atomic mass is 9.89. The minimum Gasteiger partial charge on any atom is -0.406 e. The summed E-state index contributed by atoms with van der Waals surface area (Å²) >= 11 is 0. The van der Waals surface area contributed by atoms with Gasteiger partial charge in [0.1, 0.15) is 11.6 Å². The summed E-state index contributed by atoms with van der Waals surface area (Å²) in [5.74, 6) is 0.607. The Morgan fingerprint density at radius 3 is 2.66 bits per heavy atom. The van der Waals surface area contributed by atoms with Crippen LogP contribution in [0.25, 0.3) is 11.2 Å². The standard InChI is InChI=1S/C24H26F3N5O3/c25-24(26,27)35-16-3-4-18(19(28)12-16)23(33)32-9-6-14(7-10-32)17-5-8-29-22-20(17)30-21(31-22)15-2-1-11-34-13-15/h3-5,8,12,14-15H,1-2,6-7,9-11,13,28H2,(H,29,30,31). The number of nitrogen functional groups attached to an aromatic ring is 1. The molecule has 0 bridgehead atoms. The molecule has 11 heteroatoms. The molecule has 0 spiro atoms. The van der Waals surface area contributed by atoms with Crippen molar-refractivity contribution in [3.05, 3.63) is 47.4 Å². The molecule has 0 radical (unpaired) electrons. The smallest absolute Gasteiger partial charge is 0.406 e. The second-order valence-corrected chi connectivity index (χ2v) is 9.00. The van der Waals surface area contributed by atoms with Gasteiger partial charge < -0.3 is 25.1 Å². The molecule has 3 N–H and O–H groups in total. The van der Waals surface area contributed by atoms with Crippen LogP contribution in [0.15, 0.2) is 30.5 Å². The highest BCUT2D eigenvalue weighted by Gasteiger charge is 2.32. The zero-order valence-electron chi connectivity index (χ0n) is 19.0. The number of H-pyrrole nitrogens is 1. The Morgan fingerprint density at radius 2 is 1.97 bits per heavy atom. The lowest BCUT2D eigenvalue weighted by Gasteiger charge is -2.32. The van der Waals surface area contributed by atoms with E-state index in [2.05, 4.69) is 14.7 Å². The van der Waals surface area contributed by atoms with Crippen molar-refractivity contribution >= 4 is 22.8 Å². The number of aromatic nitrogens is 3. The largest absolute Gasteiger partial charge is 0.573 e. The lowest BCUT2D eigenvalue weighted by Crippen LogP contribution is -2.38. The second-order valence-electron chi connectivity index (χ2n) is 9.00. The van der Waals surface area contributed by atoms with Crippen LogP contribution < -0.4 is 10.5 Å². The minimum atomic E-state index is -4.82. The molecule has 3 aromatic rings. The third-order valence-electron chi connectivity index (χ3n) is 6.70. The van der Waals surface area contributed by atoms with E-state index in [1.54, 1.807) is 11.1 Å². The van der Waals surface area contributed by atoms with Crippen LogP contribution in [0, 0.1) is 0 Å². The first-order valence-corrected chi connectivity index (χ1v) is 11.7. The number of hydrogen-bond acceptors (Lipinski definition) is 6. The van der Waals surface area contributed by atoms with E-state index in [1.165, 1.54) is 6.07 Å². The Balaban J connectivity index is 1.27. The van der Waals surface area contributed by atoms with Gasteiger partial charge in [-0.2, -0.15) is 0 Å². The molecule has 35 heavy (non-hydrogen) atoms. The van der Waals surface area contributed by atoms with Crippen molar-refractivity contribution in [1.29, 1.82) is 0 Å². The Hall–Kier alpha value is -3.34. The molecule has 8 nitrogen and oxygen atoms in total. The second kappa shape index (κ2) is 9.37. The molecular formula is C24H26F3N5O3. The quantitative estimate of drug-likeness (QED) is 0.528. The molecule has 0 saturated carbocycles. The molecule has 186 valence electrons. The highest BCUT2D eigenvalue weighted by molar-refractivity contribution is 5.99. The highest BCUT2D eigenvalue weighted by atomic mass is 19.4. The number of carbonyl (C=O) groups is 1. The molecule has 0 aliphatic carbocycles. The van der Waals surface area contributed by atoms with Gasteiger partial charge in [-0.25, -0.2) is 9.97 Å². The van der Waals surface area contributed by atoms with Crippen molar-refractivity contribution in [1.82, 2.24) is 19.9 Å². The number of aromatic amines is 1. The number of pyridine rings is 1. The molecule has 1 aromatic carbocycles. The van der Waals surface area contributed by atoms with Gasteiger partial charge >= 0.3 is 6.36 Å². The first-order valence-electron chi connectivity index (χ1n) is 11.7. The van der Waals surface area contributed by atoms with E-state index in [-0.39, 0.29) is 29.0 Å². The Morgan fingerprint density at radius 1 is 1.17 bits per heavy atom. The number of ether oxygens (including phenoxy) is 2. The molecule has 2 saturated heterocycles. The van der Waals surface area contributed by atoms with E-state index in [4.69, 9.17) is 15.5 Å². The molecule has 2 aliphatic heterocycles. The number of alkyl halides is 3. The van der Waals surface area contributed by atoms with E-state index in [1.807, 2.05) is 6.07 Å². The van der Waals surface area contributed by atoms with E-state index >= 15 is 0 Å². The van der Waals surface area contributed by atoms with Crippen molar-refractivity contribution in [2.45, 2.75) is 43.9 Å². The van der Waals surface area contributed by atoms with Crippen molar-refractivity contribution in [3.8, 4) is 5.75 Å². The third kappa shape index (κ3) is 5.04. The predicted molar refractivity (Wildman–Crippen MR) is 122 cm³/mol. The number of amides is 1. The number of piperidine rings is 1. The van der Waals surface area contributed by atoms with Gasteiger partial charge in [0, 0.05) is 43.6 Å². The Bertz CT molecular complexity index is 1210. The first kappa shape index (κ1) is 23.4. The van der Waals surface area contributed by atoms with Crippen LogP contribution in [0.1, 0.15) is 59.3 Å². The number of carbonyl (C=O) groups excluding carboxylic acids is 1. The molecule has 2 fully saturated rings. The molecular weight excluding hydrogens is 463 g/mol. The lowest BCUT2D eigenvalue weighted by molar-refractivity contribution is -0.274. The summed E-state index contributed by atoms with van der Waals surface area (Å²) in [6.45, 7) is 2.45. The zero-order chi connectivity index (χ0) is 24.6. The fourth-order valence-corrected chi connectivity index (χ4v) is 4.93. The topological polar surface area (TPSA) is 106 Å². The normalized spacial score (nSPS) is 19.7. The number of fused-ring (bicyclic) bond motifs is 1. The average Bonchev–Trinajstić information content (AvgIpc) is 3.28. The zero-order valence-corrected chi connectivity index (χ0v) is 19.0. The highest BCUT2D eigenvalue weighted by Crippen LogP contribution is 2.34. The molecule has 1 atom stereocenters. The van der Waals surface area contributed by atoms with Crippen LogP contribution in [0.5, 0.6) is 5.75 Å². The van der Waals surface area contributed by atoms with Crippen LogP contribution >= 0.6 is 0 Å². The Kier molecular flexibility index (Phi) is 6.26. The number of hydrogen-bond donors (Lipinski definition) is 2. The van der Waals surface area contributed by atoms with Crippen LogP contribution in [0.3, 0.4) is 0 Å². The van der Waals surface area contributed by atoms with Crippen molar-refractivity contribution in [2.24, 2.45) is 0 Å². The maximum absolute atomic E-state index is 13.0. The number of rotatable bonds is 4. The molecule has 4 heterocycles. The van der Waals surface area contributed by atoms with Gasteiger partial charge in [-0.15, -0.1) is 13.2 Å². The van der Waals surface area contributed by atoms with E-state index in [0.717, 1.165) is 61.3 Å². The summed E-state index contributed by atoms with van der Waals surface area (Å²) in [4.78, 5) is 27.3. The van der Waals surface area contributed by atoms with Crippen molar-refractivity contribution in [2.75, 3.05) is 32.0 Å². The van der Waals surface area contributed by atoms with Gasteiger partial charge in [0.2, 0.25) is 0 Å². The van der Waals surface area contributed by atoms with Crippen LogP contribution in [-0.4, -0.2) is 58.4 Å². The van der Waals surface area contributed by atoms with Crippen molar-refractivity contribution in [3.63, 3.8) is 0 Å². The molecule has 1 unspecified atom stereocenters. The van der Waals surface area contributed by atoms with Gasteiger partial charge in [-0.05, 0) is 55.4 Å². The van der Waals surface area contributed by atoms with Gasteiger partial charge in [0.25, 0.3) is 5.91 Å². The number of nitrogens with zero attached hydrogens (tertiary/aromatic N) is 3. The summed E-state index contributed by atoms with van der Waals surface area (Å²) in [5.41, 5.74) is 8.74. The van der Waals surface area contributed by atoms with Gasteiger partial charge in [-0.3, -0.25) is 4.79 Å². The maximum Gasteiger partial charge on any atom is 0.573 e. The number of imidazole rings is 1. The summed E-state index contributed by atoms with van der Waals surface area (Å²) < 4.78 is 46.8. The number of nitrogens with two attached hydrogens (primary N) is 1. The fourth-order valence-electron chi connectivity index (χ4n) is 4.93. The van der Waals surface area contributed by atoms with Gasteiger partial charge in [-0.1, -0.05) is 0 Å². The average molecular weight is 489 g/mol. The van der Waals surface area contributed by atoms with E-state index in [9.17, 15) is 18.0 Å². The molecule has 1 amide bonds. The van der Waals surface area contributed by atoms with Gasteiger partial charge in [0.05, 0.1) is 17.7 Å². The number of likely N-dealkylation sites (tertiary alicyclic amines) is 1. The summed E-state index contributed by atoms with van der Waals surface area (Å²) in [6.07, 6.45) is 0.460. The predicted octanol–water partition coefficient (Wildman–Crippen LogP) is 4.35. The Labute approximate surface area is 199 Å². The van der Waals surface area contributed by atoms with E-state index in [0.29, 0.717) is 25.3 Å². The van der Waals surface area contributed by atoms with Crippen LogP contribution in [0.2, 0.25) is 0 Å². The number of benzene rings is 1. The number of anilines is 1. The first-order chi connectivity index (χ1) is 16.8. The SMILES string of the molecule is Nc1cc(OC(F)(F)F)ccc1C(=O)N1CCC(c2ccnc3nc(C4CCCOC4)[nH]c23)CC1. The summed E-state index contributed by atoms with van der Waals surface area (Å²) in [5, 5.41) is 0. The van der Waals surface area contributed by atoms with Crippen LogP contribution in [-0.2, 0) is 4.74 Å². The third-order valence-corrected chi connectivity index (χ3v) is 6.70. The van der Waals surface area contributed by atoms with Crippen molar-refractivity contribution < 1.29 is 27.4 Å². The fraction of sp³-hybridized carbons (Fsp3) is 0.458. The monoisotopic (exact) mass is 489 g/mol. The van der Waals surface area contributed by atoms with Gasteiger partial charge in [0.15, 0.2) is 5.65 Å². The number of nitrogens with one attached hydrogen (secondary N) is 1. The maximum atomic E-state index is 13.0. The molecule has 2 aromatic heterocycles. The summed E-state index contributed by atoms with van der Waals surface area (Å²) in [6, 6.07) is 5.40. The minimum absolute atomic E-state index is 0.0496. The van der Waals surface area contributed by atoms with E-state index < -0.39 is 12.1 Å². The molecule has 5 rings (SSSR count). The molecule has 2 aliphatic rings. The number of halogens is 3.